The number of allylic oxidation sites excluding steroid dienone is 1. The Morgan fingerprint density at radius 1 is 1.33 bits per heavy atom. The highest BCUT2D eigenvalue weighted by Crippen LogP contribution is 2.18. The van der Waals surface area contributed by atoms with Gasteiger partial charge in [-0.1, -0.05) is 43.3 Å². The van der Waals surface area contributed by atoms with E-state index in [-0.39, 0.29) is 0 Å². The number of rotatable bonds is 9. The highest BCUT2D eigenvalue weighted by atomic mass is 35.5. The molecule has 1 rings (SSSR count). The highest BCUT2D eigenvalue weighted by Gasteiger charge is 2.11. The first kappa shape index (κ1) is 15.3. The van der Waals surface area contributed by atoms with Crippen LogP contribution in [-0.2, 0) is 11.3 Å². The van der Waals surface area contributed by atoms with Crippen molar-refractivity contribution in [2.45, 2.75) is 26.4 Å². The molecule has 0 spiro atoms. The molecule has 1 aromatic carbocycles. The zero-order chi connectivity index (χ0) is 13.2. The second-order valence-electron chi connectivity index (χ2n) is 4.89. The molecular formula is C16H23ClO. The predicted molar refractivity (Wildman–Crippen MR) is 78.9 cm³/mol. The average Bonchev–Trinajstić information content (AvgIpc) is 2.39. The summed E-state index contributed by atoms with van der Waals surface area (Å²) in [6.45, 7) is 7.47. The maximum atomic E-state index is 5.93. The van der Waals surface area contributed by atoms with E-state index >= 15 is 0 Å². The number of ether oxygens (including phenoxy) is 1. The summed E-state index contributed by atoms with van der Waals surface area (Å²) >= 11 is 5.93. The molecule has 100 valence electrons. The lowest BCUT2D eigenvalue weighted by Crippen LogP contribution is -2.12. The molecule has 0 aliphatic rings. The largest absolute Gasteiger partial charge is 0.376 e. The minimum absolute atomic E-state index is 0.527. The molecule has 2 unspecified atom stereocenters. The van der Waals surface area contributed by atoms with Crippen molar-refractivity contribution >= 4 is 11.6 Å². The van der Waals surface area contributed by atoms with Crippen LogP contribution in [0.2, 0.25) is 0 Å². The van der Waals surface area contributed by atoms with E-state index < -0.39 is 0 Å². The lowest BCUT2D eigenvalue weighted by molar-refractivity contribution is 0.0851. The van der Waals surface area contributed by atoms with Crippen LogP contribution in [0.5, 0.6) is 0 Å². The van der Waals surface area contributed by atoms with Crippen LogP contribution in [0.4, 0.5) is 0 Å². The van der Waals surface area contributed by atoms with Crippen LogP contribution in [0.25, 0.3) is 0 Å². The van der Waals surface area contributed by atoms with E-state index in [0.717, 1.165) is 19.4 Å². The molecule has 0 fully saturated rings. The van der Waals surface area contributed by atoms with Crippen LogP contribution in [0.1, 0.15) is 25.3 Å². The van der Waals surface area contributed by atoms with E-state index in [4.69, 9.17) is 16.3 Å². The van der Waals surface area contributed by atoms with Crippen molar-refractivity contribution in [1.29, 1.82) is 0 Å². The topological polar surface area (TPSA) is 9.23 Å². The third-order valence-corrected chi connectivity index (χ3v) is 3.40. The fourth-order valence-electron chi connectivity index (χ4n) is 2.05. The van der Waals surface area contributed by atoms with Gasteiger partial charge in [0.1, 0.15) is 0 Å². The summed E-state index contributed by atoms with van der Waals surface area (Å²) in [6, 6.07) is 10.3. The number of alkyl halides is 1. The Bertz CT molecular complexity index is 323. The summed E-state index contributed by atoms with van der Waals surface area (Å²) in [6.07, 6.45) is 4.04. The molecule has 0 bridgehead atoms. The molecule has 0 N–H and O–H groups in total. The Balaban J connectivity index is 2.20. The Labute approximate surface area is 116 Å². The molecule has 0 radical (unpaired) electrons. The first-order chi connectivity index (χ1) is 8.76. The van der Waals surface area contributed by atoms with E-state index in [0.29, 0.717) is 24.3 Å². The number of halogens is 1. The summed E-state index contributed by atoms with van der Waals surface area (Å²) < 4.78 is 5.74. The minimum atomic E-state index is 0.527. The van der Waals surface area contributed by atoms with E-state index in [9.17, 15) is 0 Å². The third kappa shape index (κ3) is 6.23. The molecule has 0 saturated carbocycles. The maximum absolute atomic E-state index is 5.93. The summed E-state index contributed by atoms with van der Waals surface area (Å²) in [5.41, 5.74) is 1.23. The van der Waals surface area contributed by atoms with Crippen LogP contribution in [-0.4, -0.2) is 12.5 Å². The van der Waals surface area contributed by atoms with Gasteiger partial charge in [-0.05, 0) is 30.2 Å². The van der Waals surface area contributed by atoms with Crippen molar-refractivity contribution in [3.8, 4) is 0 Å². The Hall–Kier alpha value is -0.790. The van der Waals surface area contributed by atoms with E-state index in [1.165, 1.54) is 5.56 Å². The van der Waals surface area contributed by atoms with Crippen LogP contribution in [0, 0.1) is 11.8 Å². The number of hydrogen-bond donors (Lipinski definition) is 0. The lowest BCUT2D eigenvalue weighted by atomic mass is 9.95. The average molecular weight is 267 g/mol. The molecule has 0 aliphatic carbocycles. The molecule has 0 heterocycles. The smallest absolute Gasteiger partial charge is 0.0717 e. The molecule has 0 aliphatic heterocycles. The van der Waals surface area contributed by atoms with Crippen molar-refractivity contribution < 1.29 is 4.74 Å². The normalized spacial score (nSPS) is 14.1. The van der Waals surface area contributed by atoms with Gasteiger partial charge in [0.05, 0.1) is 6.61 Å². The maximum Gasteiger partial charge on any atom is 0.0717 e. The monoisotopic (exact) mass is 266 g/mol. The van der Waals surface area contributed by atoms with Crippen LogP contribution >= 0.6 is 11.6 Å². The van der Waals surface area contributed by atoms with E-state index in [2.05, 4.69) is 25.6 Å². The van der Waals surface area contributed by atoms with Crippen molar-refractivity contribution in [2.75, 3.05) is 12.5 Å². The Morgan fingerprint density at radius 2 is 2.06 bits per heavy atom. The van der Waals surface area contributed by atoms with Crippen molar-refractivity contribution in [3.63, 3.8) is 0 Å². The quantitative estimate of drug-likeness (QED) is 0.467. The lowest BCUT2D eigenvalue weighted by Gasteiger charge is -2.17. The zero-order valence-corrected chi connectivity index (χ0v) is 11.9. The molecule has 1 aromatic rings. The zero-order valence-electron chi connectivity index (χ0n) is 11.1. The molecule has 2 atom stereocenters. The highest BCUT2D eigenvalue weighted by molar-refractivity contribution is 6.18. The fraction of sp³-hybridized carbons (Fsp3) is 0.500. The van der Waals surface area contributed by atoms with Crippen LogP contribution in [0.3, 0.4) is 0 Å². The molecular weight excluding hydrogens is 244 g/mol. The second kappa shape index (κ2) is 9.18. The summed E-state index contributed by atoms with van der Waals surface area (Å²) in [5.74, 6) is 1.77. The standard InChI is InChI=1S/C16H23ClO/c1-3-7-16(11-17)10-14(2)12-18-13-15-8-5-4-6-9-15/h3-6,8-9,14,16H,1,7,10-13H2,2H3. The minimum Gasteiger partial charge on any atom is -0.376 e. The van der Waals surface area contributed by atoms with Crippen molar-refractivity contribution in [3.05, 3.63) is 48.6 Å². The molecule has 18 heavy (non-hydrogen) atoms. The number of benzene rings is 1. The van der Waals surface area contributed by atoms with Gasteiger partial charge in [-0.25, -0.2) is 0 Å². The van der Waals surface area contributed by atoms with Gasteiger partial charge in [-0.2, -0.15) is 0 Å². The summed E-state index contributed by atoms with van der Waals surface area (Å²) in [4.78, 5) is 0. The first-order valence-electron chi connectivity index (χ1n) is 6.54. The number of hydrogen-bond acceptors (Lipinski definition) is 1. The second-order valence-corrected chi connectivity index (χ2v) is 5.19. The van der Waals surface area contributed by atoms with Gasteiger partial charge in [0.15, 0.2) is 0 Å². The summed E-state index contributed by atoms with van der Waals surface area (Å²) in [7, 11) is 0. The van der Waals surface area contributed by atoms with Gasteiger partial charge >= 0.3 is 0 Å². The van der Waals surface area contributed by atoms with Gasteiger partial charge in [-0.15, -0.1) is 18.2 Å². The predicted octanol–water partition coefficient (Wildman–Crippen LogP) is 4.66. The van der Waals surface area contributed by atoms with Gasteiger partial charge in [0.2, 0.25) is 0 Å². The van der Waals surface area contributed by atoms with Gasteiger partial charge in [0, 0.05) is 12.5 Å². The Morgan fingerprint density at radius 3 is 2.67 bits per heavy atom. The van der Waals surface area contributed by atoms with Gasteiger partial charge in [0.25, 0.3) is 0 Å². The van der Waals surface area contributed by atoms with Crippen molar-refractivity contribution in [1.82, 2.24) is 0 Å². The molecule has 0 aromatic heterocycles. The first-order valence-corrected chi connectivity index (χ1v) is 7.08. The molecule has 0 saturated heterocycles. The molecule has 0 amide bonds. The molecule has 1 nitrogen and oxygen atoms in total. The third-order valence-electron chi connectivity index (χ3n) is 2.97. The van der Waals surface area contributed by atoms with Gasteiger partial charge in [-0.3, -0.25) is 0 Å². The Kier molecular flexibility index (Phi) is 7.79. The van der Waals surface area contributed by atoms with Gasteiger partial charge < -0.3 is 4.74 Å². The molecule has 2 heteroatoms. The SMILES string of the molecule is C=CCC(CCl)CC(C)COCc1ccccc1. The van der Waals surface area contributed by atoms with E-state index in [1.54, 1.807) is 0 Å². The van der Waals surface area contributed by atoms with Crippen LogP contribution < -0.4 is 0 Å². The fourth-order valence-corrected chi connectivity index (χ4v) is 2.30. The summed E-state index contributed by atoms with van der Waals surface area (Å²) in [5, 5.41) is 0. The van der Waals surface area contributed by atoms with E-state index in [1.807, 2.05) is 24.3 Å². The van der Waals surface area contributed by atoms with Crippen LogP contribution in [0.15, 0.2) is 43.0 Å². The van der Waals surface area contributed by atoms with Crippen molar-refractivity contribution in [2.24, 2.45) is 11.8 Å².